The van der Waals surface area contributed by atoms with Gasteiger partial charge in [-0.3, -0.25) is 4.90 Å². The zero-order chi connectivity index (χ0) is 15.2. The first kappa shape index (κ1) is 15.3. The van der Waals surface area contributed by atoms with Crippen molar-refractivity contribution in [2.75, 3.05) is 25.5 Å². The van der Waals surface area contributed by atoms with E-state index in [0.717, 1.165) is 49.7 Å². The summed E-state index contributed by atoms with van der Waals surface area (Å²) in [5.41, 5.74) is 1.10. The summed E-state index contributed by atoms with van der Waals surface area (Å²) >= 11 is 1.68. The van der Waals surface area contributed by atoms with Gasteiger partial charge in [0.15, 0.2) is 0 Å². The van der Waals surface area contributed by atoms with Crippen LogP contribution in [0.15, 0.2) is 24.0 Å². The molecule has 0 amide bonds. The normalized spacial score (nSPS) is 18.0. The highest BCUT2D eigenvalue weighted by Gasteiger charge is 2.15. The fourth-order valence-corrected chi connectivity index (χ4v) is 3.16. The third kappa shape index (κ3) is 4.46. The van der Waals surface area contributed by atoms with E-state index in [-0.39, 0.29) is 0 Å². The van der Waals surface area contributed by atoms with Gasteiger partial charge < -0.3 is 10.1 Å². The van der Waals surface area contributed by atoms with Gasteiger partial charge in [0.05, 0.1) is 12.6 Å². The van der Waals surface area contributed by atoms with Crippen molar-refractivity contribution in [3.05, 3.63) is 34.5 Å². The Bertz CT molecular complexity index is 554. The van der Waals surface area contributed by atoms with Crippen LogP contribution in [0.3, 0.4) is 0 Å². The second kappa shape index (κ2) is 7.62. The van der Waals surface area contributed by atoms with Gasteiger partial charge in [-0.25, -0.2) is 15.0 Å². The minimum absolute atomic E-state index is 0.299. The van der Waals surface area contributed by atoms with Gasteiger partial charge in [-0.1, -0.05) is 0 Å². The summed E-state index contributed by atoms with van der Waals surface area (Å²) in [5, 5.41) is 6.36. The van der Waals surface area contributed by atoms with Gasteiger partial charge in [0.2, 0.25) is 5.95 Å². The molecule has 0 saturated carbocycles. The molecule has 3 heterocycles. The summed E-state index contributed by atoms with van der Waals surface area (Å²) in [7, 11) is 2.07. The summed E-state index contributed by atoms with van der Waals surface area (Å²) < 4.78 is 5.57. The Morgan fingerprint density at radius 1 is 1.32 bits per heavy atom. The predicted octanol–water partition coefficient (Wildman–Crippen LogP) is 2.16. The minimum atomic E-state index is 0.299. The van der Waals surface area contributed by atoms with Crippen LogP contribution in [-0.4, -0.2) is 46.2 Å². The van der Waals surface area contributed by atoms with Crippen LogP contribution in [0, 0.1) is 0 Å². The van der Waals surface area contributed by atoms with Gasteiger partial charge in [0.1, 0.15) is 5.01 Å². The highest BCUT2D eigenvalue weighted by molar-refractivity contribution is 7.09. The smallest absolute Gasteiger partial charge is 0.222 e. The number of nitrogens with zero attached hydrogens (tertiary/aromatic N) is 4. The number of thiazole rings is 1. The molecule has 3 rings (SSSR count). The van der Waals surface area contributed by atoms with Crippen molar-refractivity contribution in [2.24, 2.45) is 0 Å². The van der Waals surface area contributed by atoms with Crippen molar-refractivity contribution in [1.82, 2.24) is 19.9 Å². The van der Waals surface area contributed by atoms with Crippen LogP contribution in [0.4, 0.5) is 5.95 Å². The molecular weight excluding hydrogens is 298 g/mol. The highest BCUT2D eigenvalue weighted by Crippen LogP contribution is 2.13. The Morgan fingerprint density at radius 2 is 2.18 bits per heavy atom. The summed E-state index contributed by atoms with van der Waals surface area (Å²) in [6.45, 7) is 3.31. The van der Waals surface area contributed by atoms with Gasteiger partial charge in [-0.05, 0) is 19.9 Å². The number of anilines is 1. The maximum absolute atomic E-state index is 5.57. The Kier molecular flexibility index (Phi) is 5.31. The van der Waals surface area contributed by atoms with Crippen LogP contribution in [0.2, 0.25) is 0 Å². The van der Waals surface area contributed by atoms with Gasteiger partial charge >= 0.3 is 0 Å². The molecule has 7 heteroatoms. The van der Waals surface area contributed by atoms with Crippen LogP contribution in [-0.2, 0) is 17.8 Å². The van der Waals surface area contributed by atoms with Crippen molar-refractivity contribution in [1.29, 1.82) is 0 Å². The lowest BCUT2D eigenvalue weighted by atomic mass is 10.2. The van der Waals surface area contributed by atoms with E-state index in [4.69, 9.17) is 4.74 Å². The van der Waals surface area contributed by atoms with Crippen molar-refractivity contribution < 1.29 is 4.74 Å². The molecule has 0 bridgehead atoms. The Hall–Kier alpha value is -1.57. The average Bonchev–Trinajstić information content (AvgIpc) is 3.20. The van der Waals surface area contributed by atoms with Crippen molar-refractivity contribution in [2.45, 2.75) is 32.0 Å². The number of ether oxygens (including phenoxy) is 1. The van der Waals surface area contributed by atoms with Crippen molar-refractivity contribution >= 4 is 17.3 Å². The summed E-state index contributed by atoms with van der Waals surface area (Å²) in [6.07, 6.45) is 8.16. The molecule has 1 saturated heterocycles. The fraction of sp³-hybridized carbons (Fsp3) is 0.533. The molecular formula is C15H21N5OS. The van der Waals surface area contributed by atoms with Gasteiger partial charge in [0.25, 0.3) is 0 Å². The molecule has 6 nitrogen and oxygen atoms in total. The first-order valence-electron chi connectivity index (χ1n) is 7.53. The van der Waals surface area contributed by atoms with Crippen molar-refractivity contribution in [3.8, 4) is 0 Å². The molecule has 0 unspecified atom stereocenters. The van der Waals surface area contributed by atoms with E-state index in [2.05, 4.69) is 32.2 Å². The Labute approximate surface area is 134 Å². The van der Waals surface area contributed by atoms with E-state index in [9.17, 15) is 0 Å². The number of hydrogen-bond donors (Lipinski definition) is 1. The van der Waals surface area contributed by atoms with Crippen LogP contribution in [0.1, 0.15) is 23.4 Å². The first-order chi connectivity index (χ1) is 10.8. The van der Waals surface area contributed by atoms with Crippen LogP contribution < -0.4 is 5.32 Å². The molecule has 22 heavy (non-hydrogen) atoms. The molecule has 1 aliphatic heterocycles. The lowest BCUT2D eigenvalue weighted by molar-refractivity contribution is 0.120. The van der Waals surface area contributed by atoms with E-state index in [1.807, 2.05) is 24.0 Å². The minimum Gasteiger partial charge on any atom is -0.376 e. The van der Waals surface area contributed by atoms with E-state index in [1.165, 1.54) is 0 Å². The number of hydrogen-bond acceptors (Lipinski definition) is 7. The molecule has 118 valence electrons. The molecule has 1 aliphatic rings. The topological polar surface area (TPSA) is 63.2 Å². The van der Waals surface area contributed by atoms with Crippen LogP contribution in [0.5, 0.6) is 0 Å². The fourth-order valence-electron chi connectivity index (χ4n) is 2.47. The third-order valence-corrected chi connectivity index (χ3v) is 4.32. The van der Waals surface area contributed by atoms with Gasteiger partial charge in [0, 0.05) is 49.2 Å². The Balaban J connectivity index is 1.46. The standard InChI is InChI=1S/C15H21N5OS/c1-20(11-14-16-4-6-22-14)10-12-7-17-15(18-8-12)19-9-13-3-2-5-21-13/h4,6-8,13H,2-3,5,9-11H2,1H3,(H,17,18,19)/t13-/m1/s1. The molecule has 1 atom stereocenters. The molecule has 0 radical (unpaired) electrons. The zero-order valence-corrected chi connectivity index (χ0v) is 13.6. The summed E-state index contributed by atoms with van der Waals surface area (Å²) in [6, 6.07) is 0. The monoisotopic (exact) mass is 319 g/mol. The van der Waals surface area contributed by atoms with Crippen LogP contribution in [0.25, 0.3) is 0 Å². The maximum atomic E-state index is 5.57. The van der Waals surface area contributed by atoms with E-state index >= 15 is 0 Å². The molecule has 0 aromatic carbocycles. The average molecular weight is 319 g/mol. The lowest BCUT2D eigenvalue weighted by Gasteiger charge is -2.15. The zero-order valence-electron chi connectivity index (χ0n) is 12.7. The first-order valence-corrected chi connectivity index (χ1v) is 8.41. The lowest BCUT2D eigenvalue weighted by Crippen LogP contribution is -2.20. The molecule has 1 fully saturated rings. The van der Waals surface area contributed by atoms with E-state index in [0.29, 0.717) is 12.1 Å². The van der Waals surface area contributed by atoms with E-state index in [1.54, 1.807) is 11.3 Å². The summed E-state index contributed by atoms with van der Waals surface area (Å²) in [4.78, 5) is 15.2. The second-order valence-corrected chi connectivity index (χ2v) is 6.51. The van der Waals surface area contributed by atoms with Crippen molar-refractivity contribution in [3.63, 3.8) is 0 Å². The Morgan fingerprint density at radius 3 is 2.86 bits per heavy atom. The highest BCUT2D eigenvalue weighted by atomic mass is 32.1. The maximum Gasteiger partial charge on any atom is 0.222 e. The largest absolute Gasteiger partial charge is 0.376 e. The predicted molar refractivity (Wildman–Crippen MR) is 86.8 cm³/mol. The van der Waals surface area contributed by atoms with Gasteiger partial charge in [-0.15, -0.1) is 11.3 Å². The molecule has 2 aromatic rings. The quantitative estimate of drug-likeness (QED) is 0.844. The SMILES string of the molecule is CN(Cc1cnc(NC[C@H]2CCCO2)nc1)Cc1nccs1. The van der Waals surface area contributed by atoms with Crippen LogP contribution >= 0.6 is 11.3 Å². The van der Waals surface area contributed by atoms with Gasteiger partial charge in [-0.2, -0.15) is 0 Å². The third-order valence-electron chi connectivity index (χ3n) is 3.56. The second-order valence-electron chi connectivity index (χ2n) is 5.53. The molecule has 0 spiro atoms. The molecule has 0 aliphatic carbocycles. The summed E-state index contributed by atoms with van der Waals surface area (Å²) in [5.74, 6) is 0.668. The molecule has 2 aromatic heterocycles. The number of rotatable bonds is 7. The van der Waals surface area contributed by atoms with E-state index < -0.39 is 0 Å². The number of nitrogens with one attached hydrogen (secondary N) is 1. The molecule has 1 N–H and O–H groups in total. The number of aromatic nitrogens is 3.